The number of hydrogen-bond acceptors (Lipinski definition) is 1. The second-order valence-corrected chi connectivity index (χ2v) is 16.9. The average Bonchev–Trinajstić information content (AvgIpc) is 3.69. The van der Waals surface area contributed by atoms with Crippen LogP contribution in [0, 0.1) is 0 Å². The Morgan fingerprint density at radius 3 is 1.52 bits per heavy atom. The monoisotopic (exact) mass is 816 g/mol. The van der Waals surface area contributed by atoms with E-state index in [1.165, 1.54) is 82.6 Å². The molecule has 1 aromatic heterocycles. The highest BCUT2D eigenvalue weighted by molar-refractivity contribution is 6.10. The minimum atomic E-state index is 1.06. The summed E-state index contributed by atoms with van der Waals surface area (Å²) in [7, 11) is 0. The van der Waals surface area contributed by atoms with E-state index in [9.17, 15) is 0 Å². The van der Waals surface area contributed by atoms with Gasteiger partial charge in [0.15, 0.2) is 0 Å². The second-order valence-electron chi connectivity index (χ2n) is 16.9. The Bertz CT molecular complexity index is 3510. The Morgan fingerprint density at radius 1 is 0.359 bits per heavy atom. The number of aromatic nitrogens is 1. The van der Waals surface area contributed by atoms with Gasteiger partial charge in [0.2, 0.25) is 0 Å². The lowest BCUT2D eigenvalue weighted by Gasteiger charge is -2.28. The first-order valence-corrected chi connectivity index (χ1v) is 22.3. The fourth-order valence-corrected chi connectivity index (χ4v) is 9.81. The van der Waals surface area contributed by atoms with Crippen molar-refractivity contribution in [3.05, 3.63) is 248 Å². The third kappa shape index (κ3) is 6.77. The van der Waals surface area contributed by atoms with Gasteiger partial charge in [-0.15, -0.1) is 0 Å². The topological polar surface area (TPSA) is 8.17 Å². The quantitative estimate of drug-likeness (QED) is 0.148. The van der Waals surface area contributed by atoms with Crippen molar-refractivity contribution in [1.29, 1.82) is 0 Å². The number of anilines is 3. The molecule has 0 fully saturated rings. The molecule has 0 unspecified atom stereocenters. The minimum Gasteiger partial charge on any atom is -0.310 e. The molecule has 1 aliphatic rings. The van der Waals surface area contributed by atoms with Gasteiger partial charge in [0, 0.05) is 33.2 Å². The van der Waals surface area contributed by atoms with E-state index in [0.717, 1.165) is 41.2 Å². The molecule has 0 spiro atoms. The third-order valence-corrected chi connectivity index (χ3v) is 13.0. The highest BCUT2D eigenvalue weighted by Gasteiger charge is 2.20. The highest BCUT2D eigenvalue weighted by atomic mass is 15.1. The summed E-state index contributed by atoms with van der Waals surface area (Å²) in [6.07, 6.45) is 6.74. The molecular formula is C62H44N2. The normalized spacial score (nSPS) is 12.2. The molecule has 1 heterocycles. The van der Waals surface area contributed by atoms with Gasteiger partial charge in [0.25, 0.3) is 0 Å². The predicted octanol–water partition coefficient (Wildman–Crippen LogP) is 17.0. The summed E-state index contributed by atoms with van der Waals surface area (Å²) in [5.74, 6) is 0. The molecular weight excluding hydrogens is 773 g/mol. The molecule has 10 aromatic carbocycles. The first-order valence-electron chi connectivity index (χ1n) is 22.3. The smallest absolute Gasteiger partial charge is 0.0546 e. The maximum atomic E-state index is 2.49. The van der Waals surface area contributed by atoms with Crippen LogP contribution in [0.4, 0.5) is 17.1 Å². The zero-order chi connectivity index (χ0) is 42.4. The number of aryl methyl sites for hydroxylation is 1. The molecule has 64 heavy (non-hydrogen) atoms. The SMILES string of the molecule is C1=Cc2cc3c4ccccc4n(-c4cc(-c5ccccc5)cc(-c5ccc(N(c6ccc(-c7ccccc7)cc6)c6cc(-c7ccccc7)cc7ccccc67)cc5)c4)c3cc2CC1. The maximum absolute atomic E-state index is 2.49. The Hall–Kier alpha value is -8.20. The molecule has 302 valence electrons. The summed E-state index contributed by atoms with van der Waals surface area (Å²) < 4.78 is 2.49. The van der Waals surface area contributed by atoms with Crippen LogP contribution < -0.4 is 4.90 Å². The van der Waals surface area contributed by atoms with Gasteiger partial charge in [-0.05, 0) is 147 Å². The van der Waals surface area contributed by atoms with E-state index in [2.05, 4.69) is 252 Å². The summed E-state index contributed by atoms with van der Waals surface area (Å²) in [5.41, 5.74) is 19.2. The minimum absolute atomic E-state index is 1.06. The van der Waals surface area contributed by atoms with Gasteiger partial charge < -0.3 is 9.47 Å². The molecule has 0 aliphatic heterocycles. The van der Waals surface area contributed by atoms with E-state index in [-0.39, 0.29) is 0 Å². The van der Waals surface area contributed by atoms with Crippen molar-refractivity contribution in [2.45, 2.75) is 12.8 Å². The summed E-state index contributed by atoms with van der Waals surface area (Å²) in [5, 5.41) is 4.96. The zero-order valence-corrected chi connectivity index (χ0v) is 35.4. The van der Waals surface area contributed by atoms with E-state index >= 15 is 0 Å². The van der Waals surface area contributed by atoms with E-state index in [1.54, 1.807) is 0 Å². The molecule has 11 aromatic rings. The van der Waals surface area contributed by atoms with E-state index in [0.29, 0.717) is 0 Å². The number of benzene rings is 10. The van der Waals surface area contributed by atoms with E-state index in [4.69, 9.17) is 0 Å². The molecule has 0 atom stereocenters. The van der Waals surface area contributed by atoms with Crippen LogP contribution in [0.3, 0.4) is 0 Å². The average molecular weight is 817 g/mol. The molecule has 0 saturated carbocycles. The van der Waals surface area contributed by atoms with Crippen LogP contribution in [0.2, 0.25) is 0 Å². The largest absolute Gasteiger partial charge is 0.310 e. The highest BCUT2D eigenvalue weighted by Crippen LogP contribution is 2.44. The molecule has 0 radical (unpaired) electrons. The zero-order valence-electron chi connectivity index (χ0n) is 35.4. The standard InChI is InChI=1S/C62H44N2/c1-4-16-43(17-5-1)46-28-32-54(33-29-46)63(61-42-53(45-20-8-3-9-21-45)36-50-24-12-13-25-57(50)61)55-34-30-47(31-35-55)52-37-51(44-18-6-2-7-19-44)38-56(39-52)64-60-27-15-14-26-58(60)59-40-48-22-10-11-23-49(48)41-62(59)64/h1-10,12-22,24-42H,11,23H2. The van der Waals surface area contributed by atoms with Gasteiger partial charge in [-0.1, -0.05) is 170 Å². The van der Waals surface area contributed by atoms with Crippen LogP contribution >= 0.6 is 0 Å². The third-order valence-electron chi connectivity index (χ3n) is 13.0. The number of rotatable bonds is 8. The van der Waals surface area contributed by atoms with Crippen LogP contribution in [-0.2, 0) is 6.42 Å². The molecule has 0 bridgehead atoms. The molecule has 0 amide bonds. The van der Waals surface area contributed by atoms with Crippen LogP contribution in [0.25, 0.3) is 88.8 Å². The van der Waals surface area contributed by atoms with Gasteiger partial charge in [0.05, 0.1) is 16.7 Å². The van der Waals surface area contributed by atoms with Gasteiger partial charge in [0.1, 0.15) is 0 Å². The van der Waals surface area contributed by atoms with Crippen LogP contribution in [-0.4, -0.2) is 4.57 Å². The van der Waals surface area contributed by atoms with Crippen LogP contribution in [0.5, 0.6) is 0 Å². The second kappa shape index (κ2) is 15.9. The number of fused-ring (bicyclic) bond motifs is 5. The molecule has 0 N–H and O–H groups in total. The number of nitrogens with zero attached hydrogens (tertiary/aromatic N) is 2. The maximum Gasteiger partial charge on any atom is 0.0546 e. The van der Waals surface area contributed by atoms with E-state index < -0.39 is 0 Å². The number of para-hydroxylation sites is 1. The molecule has 12 rings (SSSR count). The van der Waals surface area contributed by atoms with Crippen molar-refractivity contribution in [1.82, 2.24) is 4.57 Å². The van der Waals surface area contributed by atoms with Crippen molar-refractivity contribution >= 4 is 55.7 Å². The summed E-state index contributed by atoms with van der Waals surface area (Å²) in [6.45, 7) is 0. The first-order chi connectivity index (χ1) is 31.7. The van der Waals surface area contributed by atoms with Crippen molar-refractivity contribution in [2.24, 2.45) is 0 Å². The molecule has 2 nitrogen and oxygen atoms in total. The van der Waals surface area contributed by atoms with Gasteiger partial charge in [-0.3, -0.25) is 0 Å². The van der Waals surface area contributed by atoms with Gasteiger partial charge in [-0.2, -0.15) is 0 Å². The number of hydrogen-bond donors (Lipinski definition) is 0. The Labute approximate surface area is 374 Å². The van der Waals surface area contributed by atoms with Gasteiger partial charge in [-0.25, -0.2) is 0 Å². The van der Waals surface area contributed by atoms with Crippen molar-refractivity contribution < 1.29 is 0 Å². The van der Waals surface area contributed by atoms with Crippen LogP contribution in [0.1, 0.15) is 17.5 Å². The number of allylic oxidation sites excluding steroid dienone is 1. The Balaban J connectivity index is 1.03. The van der Waals surface area contributed by atoms with Crippen LogP contribution in [0.15, 0.2) is 237 Å². The lowest BCUT2D eigenvalue weighted by molar-refractivity contribution is 0.987. The van der Waals surface area contributed by atoms with Crippen molar-refractivity contribution in [3.8, 4) is 50.2 Å². The molecule has 2 heteroatoms. The predicted molar refractivity (Wildman–Crippen MR) is 272 cm³/mol. The summed E-state index contributed by atoms with van der Waals surface area (Å²) in [4.78, 5) is 2.42. The van der Waals surface area contributed by atoms with Crippen molar-refractivity contribution in [3.63, 3.8) is 0 Å². The fourth-order valence-electron chi connectivity index (χ4n) is 9.81. The van der Waals surface area contributed by atoms with Crippen molar-refractivity contribution in [2.75, 3.05) is 4.90 Å². The molecule has 1 aliphatic carbocycles. The van der Waals surface area contributed by atoms with Gasteiger partial charge >= 0.3 is 0 Å². The molecule has 0 saturated heterocycles. The Morgan fingerprint density at radius 2 is 0.875 bits per heavy atom. The lowest BCUT2D eigenvalue weighted by atomic mass is 9.95. The summed E-state index contributed by atoms with van der Waals surface area (Å²) in [6, 6.07) is 84.5. The fraction of sp³-hybridized carbons (Fsp3) is 0.0323. The Kier molecular flexibility index (Phi) is 9.34. The van der Waals surface area contributed by atoms with E-state index in [1.807, 2.05) is 0 Å². The first kappa shape index (κ1) is 37.6. The lowest BCUT2D eigenvalue weighted by Crippen LogP contribution is -2.10. The summed E-state index contributed by atoms with van der Waals surface area (Å²) >= 11 is 0.